The Hall–Kier alpha value is -1.76. The summed E-state index contributed by atoms with van der Waals surface area (Å²) in [5.41, 5.74) is 1.20. The number of hydrogen-bond donors (Lipinski definition) is 0. The third-order valence-electron chi connectivity index (χ3n) is 2.90. The minimum absolute atomic E-state index is 0.363. The lowest BCUT2D eigenvalue weighted by Crippen LogP contribution is -2.26. The van der Waals surface area contributed by atoms with Gasteiger partial charge in [0.1, 0.15) is 0 Å². The molecule has 0 bridgehead atoms. The van der Waals surface area contributed by atoms with Crippen LogP contribution in [0.4, 0.5) is 14.5 Å². The average Bonchev–Trinajstić information content (AvgIpc) is 2.27. The average molecular weight is 258 g/mol. The summed E-state index contributed by atoms with van der Waals surface area (Å²) >= 11 is 0. The summed E-state index contributed by atoms with van der Waals surface area (Å²) in [6.45, 7) is -1.70. The van der Waals surface area contributed by atoms with E-state index in [1.54, 1.807) is 0 Å². The maximum Gasteiger partial charge on any atom is 0.387 e. The van der Waals surface area contributed by atoms with Crippen LogP contribution in [0.1, 0.15) is 11.1 Å². The number of fused-ring (bicyclic) bond motifs is 1. The fourth-order valence-corrected chi connectivity index (χ4v) is 2.05. The Kier molecular flexibility index (Phi) is 3.42. The van der Waals surface area contributed by atoms with Gasteiger partial charge in [-0.15, -0.1) is 0 Å². The quantitative estimate of drug-likeness (QED) is 0.616. The predicted octanol–water partition coefficient (Wildman–Crippen LogP) is 2.18. The van der Waals surface area contributed by atoms with Gasteiger partial charge >= 0.3 is 12.3 Å². The summed E-state index contributed by atoms with van der Waals surface area (Å²) in [5, 5.41) is 10.8. The topological polar surface area (TPSA) is 55.6 Å². The number of alkyl halides is 2. The van der Waals surface area contributed by atoms with Crippen molar-refractivity contribution in [2.45, 2.75) is 19.6 Å². The minimum atomic E-state index is -3.06. The Morgan fingerprint density at radius 2 is 2.17 bits per heavy atom. The molecule has 0 amide bonds. The van der Waals surface area contributed by atoms with Crippen LogP contribution in [0.5, 0.6) is 5.75 Å². The van der Waals surface area contributed by atoms with E-state index >= 15 is 0 Å². The summed E-state index contributed by atoms with van der Waals surface area (Å²) in [6.07, 6.45) is 0.670. The Bertz CT molecular complexity index is 480. The summed E-state index contributed by atoms with van der Waals surface area (Å²) in [4.78, 5) is 12.1. The highest BCUT2D eigenvalue weighted by Crippen LogP contribution is 2.33. The van der Waals surface area contributed by atoms with Crippen molar-refractivity contribution < 1.29 is 18.4 Å². The van der Waals surface area contributed by atoms with Crippen LogP contribution in [-0.4, -0.2) is 30.0 Å². The number of nitrogens with zero attached hydrogens (tertiary/aromatic N) is 2. The number of nitro groups is 1. The van der Waals surface area contributed by atoms with Gasteiger partial charge in [0.2, 0.25) is 5.75 Å². The summed E-state index contributed by atoms with van der Waals surface area (Å²) in [5.74, 6) is -0.363. The third kappa shape index (κ3) is 2.56. The van der Waals surface area contributed by atoms with Gasteiger partial charge in [-0.25, -0.2) is 0 Å². The van der Waals surface area contributed by atoms with Crippen molar-refractivity contribution in [3.05, 3.63) is 33.4 Å². The van der Waals surface area contributed by atoms with Gasteiger partial charge in [0.25, 0.3) is 0 Å². The van der Waals surface area contributed by atoms with Crippen LogP contribution in [0.3, 0.4) is 0 Å². The highest BCUT2D eigenvalue weighted by molar-refractivity contribution is 5.52. The van der Waals surface area contributed by atoms with Crippen LogP contribution in [0.25, 0.3) is 0 Å². The Morgan fingerprint density at radius 1 is 1.44 bits per heavy atom. The summed E-state index contributed by atoms with van der Waals surface area (Å²) in [7, 11) is 1.90. The smallest absolute Gasteiger partial charge is 0.387 e. The molecule has 0 saturated carbocycles. The van der Waals surface area contributed by atoms with Crippen LogP contribution < -0.4 is 4.74 Å². The van der Waals surface area contributed by atoms with E-state index in [9.17, 15) is 18.9 Å². The van der Waals surface area contributed by atoms with E-state index in [-0.39, 0.29) is 5.75 Å². The lowest BCUT2D eigenvalue weighted by atomic mass is 9.99. The van der Waals surface area contributed by atoms with Crippen LogP contribution in [0, 0.1) is 10.1 Å². The molecule has 0 aliphatic carbocycles. The fourth-order valence-electron chi connectivity index (χ4n) is 2.05. The maximum atomic E-state index is 12.2. The molecule has 7 heteroatoms. The zero-order valence-corrected chi connectivity index (χ0v) is 9.73. The van der Waals surface area contributed by atoms with Crippen LogP contribution >= 0.6 is 0 Å². The number of halogens is 2. The molecule has 0 unspecified atom stereocenters. The lowest BCUT2D eigenvalue weighted by molar-refractivity contribution is -0.386. The fraction of sp³-hybridized carbons (Fsp3) is 0.455. The van der Waals surface area contributed by atoms with Gasteiger partial charge in [-0.2, -0.15) is 8.78 Å². The maximum absolute atomic E-state index is 12.2. The van der Waals surface area contributed by atoms with E-state index in [4.69, 9.17) is 0 Å². The SMILES string of the molecule is CN1CCc2cc(OC(F)F)c([N+](=O)[O-])cc2C1. The molecular formula is C11H12F2N2O3. The molecule has 0 fully saturated rings. The second kappa shape index (κ2) is 4.85. The van der Waals surface area contributed by atoms with Gasteiger partial charge in [-0.05, 0) is 30.7 Å². The highest BCUT2D eigenvalue weighted by atomic mass is 19.3. The third-order valence-corrected chi connectivity index (χ3v) is 2.90. The summed E-state index contributed by atoms with van der Waals surface area (Å²) < 4.78 is 28.6. The van der Waals surface area contributed by atoms with Crippen molar-refractivity contribution >= 4 is 5.69 Å². The molecule has 1 aliphatic heterocycles. The second-order valence-electron chi connectivity index (χ2n) is 4.21. The van der Waals surface area contributed by atoms with Crippen molar-refractivity contribution in [2.75, 3.05) is 13.6 Å². The number of benzene rings is 1. The van der Waals surface area contributed by atoms with Crippen molar-refractivity contribution in [3.8, 4) is 5.75 Å². The first kappa shape index (κ1) is 12.7. The summed E-state index contributed by atoms with van der Waals surface area (Å²) in [6, 6.07) is 2.68. The Labute approximate surface area is 102 Å². The number of nitro benzene ring substituents is 1. The van der Waals surface area contributed by atoms with Gasteiger partial charge < -0.3 is 9.64 Å². The normalized spacial score (nSPS) is 15.6. The standard InChI is InChI=1S/C11H12F2N2O3/c1-14-3-2-7-5-10(18-11(12)13)9(15(16)17)4-8(7)6-14/h4-5,11H,2-3,6H2,1H3. The molecular weight excluding hydrogens is 246 g/mol. The molecule has 0 N–H and O–H groups in total. The first-order valence-electron chi connectivity index (χ1n) is 5.41. The Balaban J connectivity index is 2.43. The van der Waals surface area contributed by atoms with Crippen LogP contribution in [-0.2, 0) is 13.0 Å². The molecule has 18 heavy (non-hydrogen) atoms. The highest BCUT2D eigenvalue weighted by Gasteiger charge is 2.24. The zero-order chi connectivity index (χ0) is 13.3. The molecule has 98 valence electrons. The monoisotopic (exact) mass is 258 g/mol. The van der Waals surface area contributed by atoms with Gasteiger partial charge in [0.05, 0.1) is 4.92 Å². The molecule has 0 atom stereocenters. The molecule has 1 aromatic carbocycles. The lowest BCUT2D eigenvalue weighted by Gasteiger charge is -2.25. The molecule has 1 aromatic rings. The van der Waals surface area contributed by atoms with Crippen LogP contribution in [0.2, 0.25) is 0 Å². The zero-order valence-electron chi connectivity index (χ0n) is 9.73. The molecule has 0 saturated heterocycles. The van der Waals surface area contributed by atoms with Crippen molar-refractivity contribution in [1.29, 1.82) is 0 Å². The van der Waals surface area contributed by atoms with E-state index in [0.717, 1.165) is 17.7 Å². The molecule has 5 nitrogen and oxygen atoms in total. The first-order valence-corrected chi connectivity index (χ1v) is 5.41. The van der Waals surface area contributed by atoms with Gasteiger partial charge in [-0.3, -0.25) is 10.1 Å². The molecule has 0 radical (unpaired) electrons. The number of ether oxygens (including phenoxy) is 1. The number of rotatable bonds is 3. The molecule has 1 heterocycles. The van der Waals surface area contributed by atoms with E-state index in [1.807, 2.05) is 11.9 Å². The van der Waals surface area contributed by atoms with Gasteiger partial charge in [0, 0.05) is 19.2 Å². The number of hydrogen-bond acceptors (Lipinski definition) is 4. The second-order valence-corrected chi connectivity index (χ2v) is 4.21. The van der Waals surface area contributed by atoms with Crippen molar-refractivity contribution in [1.82, 2.24) is 4.90 Å². The van der Waals surface area contributed by atoms with Gasteiger partial charge in [0.15, 0.2) is 0 Å². The molecule has 2 rings (SSSR count). The van der Waals surface area contributed by atoms with E-state index in [1.165, 1.54) is 12.1 Å². The first-order chi connectivity index (χ1) is 8.47. The molecule has 0 aromatic heterocycles. The molecule has 1 aliphatic rings. The van der Waals surface area contributed by atoms with Crippen molar-refractivity contribution in [3.63, 3.8) is 0 Å². The molecule has 0 spiro atoms. The van der Waals surface area contributed by atoms with E-state index < -0.39 is 17.2 Å². The largest absolute Gasteiger partial charge is 0.427 e. The van der Waals surface area contributed by atoms with Gasteiger partial charge in [-0.1, -0.05) is 0 Å². The van der Waals surface area contributed by atoms with E-state index in [2.05, 4.69) is 4.74 Å². The van der Waals surface area contributed by atoms with Crippen molar-refractivity contribution in [2.24, 2.45) is 0 Å². The number of likely N-dealkylation sites (N-methyl/N-ethyl adjacent to an activating group) is 1. The minimum Gasteiger partial charge on any atom is -0.427 e. The van der Waals surface area contributed by atoms with Crippen LogP contribution in [0.15, 0.2) is 12.1 Å². The van der Waals surface area contributed by atoms with E-state index in [0.29, 0.717) is 13.0 Å². The predicted molar refractivity (Wildman–Crippen MR) is 59.8 cm³/mol. The Morgan fingerprint density at radius 3 is 2.78 bits per heavy atom.